The van der Waals surface area contributed by atoms with Gasteiger partial charge in [-0.05, 0) is 37.3 Å². The lowest BCUT2D eigenvalue weighted by molar-refractivity contribution is 0.0694. The molecular weight excluding hydrogens is 256 g/mol. The van der Waals surface area contributed by atoms with Crippen LogP contribution in [0.25, 0.3) is 5.69 Å². The molecule has 2 aromatic rings. The Kier molecular flexibility index (Phi) is 3.16. The quantitative estimate of drug-likeness (QED) is 0.899. The van der Waals surface area contributed by atoms with Crippen LogP contribution < -0.4 is 5.56 Å². The van der Waals surface area contributed by atoms with Gasteiger partial charge in [0.05, 0.1) is 11.4 Å². The number of halogens is 1. The Morgan fingerprint density at radius 2 is 1.94 bits per heavy atom. The van der Waals surface area contributed by atoms with E-state index in [-0.39, 0.29) is 5.56 Å². The van der Waals surface area contributed by atoms with Gasteiger partial charge in [0.25, 0.3) is 5.56 Å². The molecule has 2 rings (SSSR count). The zero-order valence-corrected chi connectivity index (χ0v) is 10.2. The van der Waals surface area contributed by atoms with Gasteiger partial charge in [-0.25, -0.2) is 4.79 Å². The van der Waals surface area contributed by atoms with Crippen LogP contribution in [0.5, 0.6) is 0 Å². The Morgan fingerprint density at radius 1 is 1.33 bits per heavy atom. The molecule has 18 heavy (non-hydrogen) atoms. The topological polar surface area (TPSA) is 72.2 Å². The standard InChI is InChI=1S/C12H9ClN2O3/c1-7-6-10(12(17)18)11(16)15(14-7)9-4-2-8(13)3-5-9/h2-6H,1H3,(H,17,18). The molecule has 0 aliphatic heterocycles. The summed E-state index contributed by atoms with van der Waals surface area (Å²) < 4.78 is 1.05. The summed E-state index contributed by atoms with van der Waals surface area (Å²) in [6, 6.07) is 7.66. The molecule has 0 amide bonds. The van der Waals surface area contributed by atoms with Crippen LogP contribution >= 0.6 is 11.6 Å². The maximum absolute atomic E-state index is 11.9. The van der Waals surface area contributed by atoms with E-state index in [1.165, 1.54) is 6.07 Å². The van der Waals surface area contributed by atoms with Crippen molar-refractivity contribution >= 4 is 17.6 Å². The molecule has 0 radical (unpaired) electrons. The van der Waals surface area contributed by atoms with E-state index < -0.39 is 11.5 Å². The molecule has 0 unspecified atom stereocenters. The summed E-state index contributed by atoms with van der Waals surface area (Å²) in [5.74, 6) is -1.27. The molecule has 0 fully saturated rings. The van der Waals surface area contributed by atoms with E-state index in [0.29, 0.717) is 16.4 Å². The third kappa shape index (κ3) is 2.26. The fraction of sp³-hybridized carbons (Fsp3) is 0.0833. The first-order valence-electron chi connectivity index (χ1n) is 5.09. The average Bonchev–Trinajstić information content (AvgIpc) is 2.32. The van der Waals surface area contributed by atoms with Crippen LogP contribution in [0, 0.1) is 6.92 Å². The van der Waals surface area contributed by atoms with Crippen molar-refractivity contribution in [3.8, 4) is 5.69 Å². The van der Waals surface area contributed by atoms with Crippen molar-refractivity contribution in [3.63, 3.8) is 0 Å². The minimum absolute atomic E-state index is 0.308. The molecular formula is C12H9ClN2O3. The van der Waals surface area contributed by atoms with Crippen LogP contribution in [0.3, 0.4) is 0 Å². The van der Waals surface area contributed by atoms with Crippen LogP contribution in [0.4, 0.5) is 0 Å². The van der Waals surface area contributed by atoms with Crippen LogP contribution in [0.1, 0.15) is 16.1 Å². The molecule has 0 aliphatic rings. The Labute approximate surface area is 107 Å². The van der Waals surface area contributed by atoms with Crippen molar-refractivity contribution in [2.75, 3.05) is 0 Å². The van der Waals surface area contributed by atoms with Crippen molar-refractivity contribution < 1.29 is 9.90 Å². The van der Waals surface area contributed by atoms with Crippen molar-refractivity contribution in [1.29, 1.82) is 0 Å². The summed E-state index contributed by atoms with van der Waals surface area (Å²) in [5, 5.41) is 13.5. The van der Waals surface area contributed by atoms with Crippen molar-refractivity contribution in [1.82, 2.24) is 9.78 Å². The van der Waals surface area contributed by atoms with E-state index in [9.17, 15) is 9.59 Å². The minimum atomic E-state index is -1.27. The number of carboxylic acid groups (broad SMARTS) is 1. The van der Waals surface area contributed by atoms with Crippen LogP contribution in [0.2, 0.25) is 5.02 Å². The highest BCUT2D eigenvalue weighted by Crippen LogP contribution is 2.11. The first kappa shape index (κ1) is 12.3. The van der Waals surface area contributed by atoms with Gasteiger partial charge in [-0.2, -0.15) is 9.78 Å². The second kappa shape index (κ2) is 4.62. The smallest absolute Gasteiger partial charge is 0.341 e. The zero-order valence-electron chi connectivity index (χ0n) is 9.42. The van der Waals surface area contributed by atoms with E-state index >= 15 is 0 Å². The maximum Gasteiger partial charge on any atom is 0.341 e. The Morgan fingerprint density at radius 3 is 2.50 bits per heavy atom. The van der Waals surface area contributed by atoms with E-state index in [1.54, 1.807) is 31.2 Å². The second-order valence-corrected chi connectivity index (χ2v) is 4.13. The van der Waals surface area contributed by atoms with Gasteiger partial charge < -0.3 is 5.11 Å². The van der Waals surface area contributed by atoms with E-state index in [0.717, 1.165) is 4.68 Å². The molecule has 1 aromatic heterocycles. The van der Waals surface area contributed by atoms with E-state index in [1.807, 2.05) is 0 Å². The highest BCUT2D eigenvalue weighted by molar-refractivity contribution is 6.30. The van der Waals surface area contributed by atoms with E-state index in [2.05, 4.69) is 5.10 Å². The minimum Gasteiger partial charge on any atom is -0.477 e. The van der Waals surface area contributed by atoms with Crippen molar-refractivity contribution in [2.24, 2.45) is 0 Å². The third-order valence-electron chi connectivity index (χ3n) is 2.34. The molecule has 0 saturated heterocycles. The maximum atomic E-state index is 11.9. The second-order valence-electron chi connectivity index (χ2n) is 3.70. The van der Waals surface area contributed by atoms with Gasteiger partial charge in [-0.1, -0.05) is 11.6 Å². The highest BCUT2D eigenvalue weighted by Gasteiger charge is 2.13. The first-order valence-corrected chi connectivity index (χ1v) is 5.47. The molecule has 0 atom stereocenters. The predicted octanol–water partition coefficient (Wildman–Crippen LogP) is 1.89. The largest absolute Gasteiger partial charge is 0.477 e. The molecule has 0 saturated carbocycles. The lowest BCUT2D eigenvalue weighted by Gasteiger charge is -2.06. The lowest BCUT2D eigenvalue weighted by atomic mass is 10.2. The molecule has 0 bridgehead atoms. The number of benzene rings is 1. The zero-order chi connectivity index (χ0) is 13.3. The number of hydrogen-bond acceptors (Lipinski definition) is 3. The van der Waals surface area contributed by atoms with E-state index in [4.69, 9.17) is 16.7 Å². The van der Waals surface area contributed by atoms with Crippen molar-refractivity contribution in [3.05, 3.63) is 57.0 Å². The number of aryl methyl sites for hydroxylation is 1. The van der Waals surface area contributed by atoms with Gasteiger partial charge in [-0.15, -0.1) is 0 Å². The lowest BCUT2D eigenvalue weighted by Crippen LogP contribution is -2.27. The number of hydrogen-bond donors (Lipinski definition) is 1. The number of rotatable bonds is 2. The summed E-state index contributed by atoms with van der Waals surface area (Å²) in [7, 11) is 0. The number of aromatic nitrogens is 2. The molecule has 1 aromatic carbocycles. The molecule has 5 nitrogen and oxygen atoms in total. The number of carboxylic acids is 1. The average molecular weight is 265 g/mol. The predicted molar refractivity (Wildman–Crippen MR) is 66.5 cm³/mol. The van der Waals surface area contributed by atoms with Crippen molar-refractivity contribution in [2.45, 2.75) is 6.92 Å². The van der Waals surface area contributed by atoms with Crippen LogP contribution in [-0.2, 0) is 0 Å². The normalized spacial score (nSPS) is 10.3. The summed E-state index contributed by atoms with van der Waals surface area (Å²) in [6.07, 6.45) is 0. The molecule has 6 heteroatoms. The summed E-state index contributed by atoms with van der Waals surface area (Å²) in [4.78, 5) is 22.9. The fourth-order valence-electron chi connectivity index (χ4n) is 1.53. The number of carbonyl (C=O) groups is 1. The number of nitrogens with zero attached hydrogens (tertiary/aromatic N) is 2. The first-order chi connectivity index (χ1) is 8.49. The molecule has 92 valence electrons. The van der Waals surface area contributed by atoms with Gasteiger partial charge in [0.1, 0.15) is 5.56 Å². The monoisotopic (exact) mass is 264 g/mol. The Bertz CT molecular complexity index is 662. The highest BCUT2D eigenvalue weighted by atomic mass is 35.5. The molecule has 1 heterocycles. The molecule has 0 spiro atoms. The van der Waals surface area contributed by atoms with Crippen LogP contribution in [-0.4, -0.2) is 20.9 Å². The SMILES string of the molecule is Cc1cc(C(=O)O)c(=O)n(-c2ccc(Cl)cc2)n1. The summed E-state index contributed by atoms with van der Waals surface area (Å²) in [6.45, 7) is 1.62. The Balaban J connectivity index is 2.68. The molecule has 0 aliphatic carbocycles. The third-order valence-corrected chi connectivity index (χ3v) is 2.59. The summed E-state index contributed by atoms with van der Waals surface area (Å²) in [5.41, 5.74) is -0.0644. The molecule has 1 N–H and O–H groups in total. The van der Waals surface area contributed by atoms with Gasteiger partial charge in [0.2, 0.25) is 0 Å². The van der Waals surface area contributed by atoms with Gasteiger partial charge in [0.15, 0.2) is 0 Å². The summed E-state index contributed by atoms with van der Waals surface area (Å²) >= 11 is 5.75. The Hall–Kier alpha value is -2.14. The van der Waals surface area contributed by atoms with Gasteiger partial charge >= 0.3 is 5.97 Å². The van der Waals surface area contributed by atoms with Crippen LogP contribution in [0.15, 0.2) is 35.1 Å². The fourth-order valence-corrected chi connectivity index (χ4v) is 1.65. The number of aromatic carboxylic acids is 1. The van der Waals surface area contributed by atoms with Gasteiger partial charge in [0, 0.05) is 5.02 Å². The van der Waals surface area contributed by atoms with Gasteiger partial charge in [-0.3, -0.25) is 4.79 Å².